The number of halogens is 2. The number of rotatable bonds is 3. The van der Waals surface area contributed by atoms with Crippen LogP contribution in [0.4, 0.5) is 8.78 Å². The molecule has 3 heteroatoms. The van der Waals surface area contributed by atoms with Crippen molar-refractivity contribution < 1.29 is 8.78 Å². The van der Waals surface area contributed by atoms with Gasteiger partial charge >= 0.3 is 0 Å². The van der Waals surface area contributed by atoms with Crippen molar-refractivity contribution in [1.82, 2.24) is 0 Å². The maximum absolute atomic E-state index is 13.5. The Labute approximate surface area is 88.3 Å². The maximum atomic E-state index is 13.5. The second-order valence-electron chi connectivity index (χ2n) is 3.81. The van der Waals surface area contributed by atoms with Crippen molar-refractivity contribution >= 4 is 0 Å². The van der Waals surface area contributed by atoms with Crippen LogP contribution in [-0.2, 0) is 12.3 Å². The minimum Gasteiger partial charge on any atom is -0.201 e. The molecule has 0 aliphatic heterocycles. The zero-order valence-electron chi connectivity index (χ0n) is 8.80. The van der Waals surface area contributed by atoms with Gasteiger partial charge in [-0.05, 0) is 5.56 Å². The predicted molar refractivity (Wildman–Crippen MR) is 54.5 cm³/mol. The Morgan fingerprint density at radius 2 is 1.80 bits per heavy atom. The molecule has 0 heterocycles. The number of hydrogen-bond acceptors (Lipinski definition) is 1. The van der Waals surface area contributed by atoms with Gasteiger partial charge < -0.3 is 0 Å². The van der Waals surface area contributed by atoms with Crippen LogP contribution in [0.25, 0.3) is 0 Å². The van der Waals surface area contributed by atoms with E-state index in [0.29, 0.717) is 0 Å². The van der Waals surface area contributed by atoms with Gasteiger partial charge in [-0.2, -0.15) is 5.26 Å². The van der Waals surface area contributed by atoms with Gasteiger partial charge in [-0.25, -0.2) is 8.78 Å². The van der Waals surface area contributed by atoms with Gasteiger partial charge in [0.05, 0.1) is 12.5 Å². The first-order chi connectivity index (χ1) is 6.98. The van der Waals surface area contributed by atoms with Crippen LogP contribution in [0.1, 0.15) is 25.0 Å². The lowest BCUT2D eigenvalue weighted by atomic mass is 9.96. The highest BCUT2D eigenvalue weighted by Crippen LogP contribution is 2.35. The van der Waals surface area contributed by atoms with Crippen LogP contribution in [-0.4, -0.2) is 0 Å². The first-order valence-corrected chi connectivity index (χ1v) is 4.82. The summed E-state index contributed by atoms with van der Waals surface area (Å²) in [5.41, 5.74) is 0.778. The molecule has 0 saturated heterocycles. The summed E-state index contributed by atoms with van der Waals surface area (Å²) in [6.45, 7) is 2.98. The third kappa shape index (κ3) is 2.53. The molecule has 1 aromatic rings. The smallest absolute Gasteiger partial charge is 0.201 e. The number of nitriles is 1. The third-order valence-electron chi connectivity index (χ3n) is 2.35. The van der Waals surface area contributed by atoms with Gasteiger partial charge in [0.1, 0.15) is 0 Å². The SMILES string of the molecule is CC(C)C(F)(F)c1ccc(CC#N)cc1. The molecule has 0 amide bonds. The fourth-order valence-corrected chi connectivity index (χ4v) is 1.27. The van der Waals surface area contributed by atoms with E-state index in [9.17, 15) is 8.78 Å². The van der Waals surface area contributed by atoms with Gasteiger partial charge in [-0.3, -0.25) is 0 Å². The lowest BCUT2D eigenvalue weighted by molar-refractivity contribution is -0.0513. The van der Waals surface area contributed by atoms with E-state index in [2.05, 4.69) is 0 Å². The zero-order valence-corrected chi connectivity index (χ0v) is 8.80. The molecule has 1 nitrogen and oxygen atoms in total. The van der Waals surface area contributed by atoms with E-state index < -0.39 is 11.8 Å². The fourth-order valence-electron chi connectivity index (χ4n) is 1.27. The summed E-state index contributed by atoms with van der Waals surface area (Å²) in [4.78, 5) is 0. The van der Waals surface area contributed by atoms with Crippen LogP contribution in [0.5, 0.6) is 0 Å². The number of hydrogen-bond donors (Lipinski definition) is 0. The van der Waals surface area contributed by atoms with E-state index in [1.54, 1.807) is 12.1 Å². The number of nitrogens with zero attached hydrogens (tertiary/aromatic N) is 1. The molecule has 0 atom stereocenters. The van der Waals surface area contributed by atoms with E-state index in [-0.39, 0.29) is 12.0 Å². The van der Waals surface area contributed by atoms with Gasteiger partial charge in [0, 0.05) is 11.5 Å². The molecule has 0 aromatic heterocycles. The predicted octanol–water partition coefficient (Wildman–Crippen LogP) is 3.50. The summed E-state index contributed by atoms with van der Waals surface area (Å²) >= 11 is 0. The number of benzene rings is 1. The van der Waals surface area contributed by atoms with Crippen LogP contribution in [0.15, 0.2) is 24.3 Å². The van der Waals surface area contributed by atoms with Crippen molar-refractivity contribution in [3.63, 3.8) is 0 Å². The molecule has 1 aromatic carbocycles. The fraction of sp³-hybridized carbons (Fsp3) is 0.417. The molecule has 0 aliphatic carbocycles. The Morgan fingerprint density at radius 3 is 2.20 bits per heavy atom. The zero-order chi connectivity index (χ0) is 11.5. The van der Waals surface area contributed by atoms with Crippen LogP contribution >= 0.6 is 0 Å². The summed E-state index contributed by atoms with van der Waals surface area (Å²) in [7, 11) is 0. The molecule has 80 valence electrons. The average Bonchev–Trinajstić information content (AvgIpc) is 2.19. The third-order valence-corrected chi connectivity index (χ3v) is 2.35. The van der Waals surface area contributed by atoms with Gasteiger partial charge in [0.2, 0.25) is 0 Å². The molecule has 0 fully saturated rings. The van der Waals surface area contributed by atoms with Crippen LogP contribution in [0.3, 0.4) is 0 Å². The first kappa shape index (κ1) is 11.6. The summed E-state index contributed by atoms with van der Waals surface area (Å²) in [6, 6.07) is 7.92. The van der Waals surface area contributed by atoms with E-state index in [0.717, 1.165) is 5.56 Å². The second-order valence-corrected chi connectivity index (χ2v) is 3.81. The summed E-state index contributed by atoms with van der Waals surface area (Å²) in [5, 5.41) is 8.44. The Hall–Kier alpha value is -1.43. The normalized spacial score (nSPS) is 11.5. The van der Waals surface area contributed by atoms with E-state index in [1.165, 1.54) is 26.0 Å². The van der Waals surface area contributed by atoms with Gasteiger partial charge in [-0.1, -0.05) is 38.1 Å². The summed E-state index contributed by atoms with van der Waals surface area (Å²) in [5.74, 6) is -3.52. The monoisotopic (exact) mass is 209 g/mol. The van der Waals surface area contributed by atoms with Crippen LogP contribution < -0.4 is 0 Å². The van der Waals surface area contributed by atoms with Gasteiger partial charge in [-0.15, -0.1) is 0 Å². The van der Waals surface area contributed by atoms with Crippen molar-refractivity contribution in [3.05, 3.63) is 35.4 Å². The van der Waals surface area contributed by atoms with E-state index in [4.69, 9.17) is 5.26 Å². The molecular weight excluding hydrogens is 196 g/mol. The topological polar surface area (TPSA) is 23.8 Å². The molecule has 0 N–H and O–H groups in total. The first-order valence-electron chi connectivity index (χ1n) is 4.82. The Balaban J connectivity index is 2.94. The molecule has 0 radical (unpaired) electrons. The number of alkyl halides is 2. The van der Waals surface area contributed by atoms with Crippen molar-refractivity contribution in [2.24, 2.45) is 5.92 Å². The highest BCUT2D eigenvalue weighted by atomic mass is 19.3. The molecule has 1 rings (SSSR count). The minimum absolute atomic E-state index is 0.0131. The second kappa shape index (κ2) is 4.39. The van der Waals surface area contributed by atoms with Gasteiger partial charge in [0.15, 0.2) is 0 Å². The molecular formula is C12H13F2N. The van der Waals surface area contributed by atoms with Crippen molar-refractivity contribution in [2.45, 2.75) is 26.2 Å². The van der Waals surface area contributed by atoms with Gasteiger partial charge in [0.25, 0.3) is 5.92 Å². The maximum Gasteiger partial charge on any atom is 0.275 e. The highest BCUT2D eigenvalue weighted by molar-refractivity contribution is 5.27. The Morgan fingerprint density at radius 1 is 1.27 bits per heavy atom. The largest absolute Gasteiger partial charge is 0.275 e. The summed E-state index contributed by atoms with van der Waals surface area (Å²) in [6.07, 6.45) is 0.257. The van der Waals surface area contributed by atoms with Crippen molar-refractivity contribution in [3.8, 4) is 6.07 Å². The van der Waals surface area contributed by atoms with E-state index in [1.807, 2.05) is 6.07 Å². The summed E-state index contributed by atoms with van der Waals surface area (Å²) < 4.78 is 27.1. The van der Waals surface area contributed by atoms with Crippen molar-refractivity contribution in [2.75, 3.05) is 0 Å². The molecule has 0 bridgehead atoms. The van der Waals surface area contributed by atoms with Crippen molar-refractivity contribution in [1.29, 1.82) is 5.26 Å². The van der Waals surface area contributed by atoms with E-state index >= 15 is 0 Å². The van der Waals surface area contributed by atoms with Crippen LogP contribution in [0, 0.1) is 17.2 Å². The lowest BCUT2D eigenvalue weighted by Gasteiger charge is -2.20. The molecule has 0 aliphatic rings. The Bertz CT molecular complexity index is 360. The standard InChI is InChI=1S/C12H13F2N/c1-9(2)12(13,14)11-5-3-10(4-6-11)7-8-15/h3-6,9H,7H2,1-2H3. The molecule has 0 saturated carbocycles. The molecule has 0 unspecified atom stereocenters. The average molecular weight is 209 g/mol. The highest BCUT2D eigenvalue weighted by Gasteiger charge is 2.35. The van der Waals surface area contributed by atoms with Crippen LogP contribution in [0.2, 0.25) is 0 Å². The lowest BCUT2D eigenvalue weighted by Crippen LogP contribution is -2.20. The minimum atomic E-state index is -2.80. The molecule has 0 spiro atoms. The molecule has 15 heavy (non-hydrogen) atoms. The Kier molecular flexibility index (Phi) is 3.41. The quantitative estimate of drug-likeness (QED) is 0.747.